The predicted molar refractivity (Wildman–Crippen MR) is 86.0 cm³/mol. The fourth-order valence-electron chi connectivity index (χ4n) is 2.08. The molecule has 0 N–H and O–H groups in total. The molecule has 0 bridgehead atoms. The molecule has 0 spiro atoms. The second kappa shape index (κ2) is 8.10. The van der Waals surface area contributed by atoms with Gasteiger partial charge in [0.25, 0.3) is 0 Å². The second-order valence-corrected chi connectivity index (χ2v) is 4.69. The molecule has 0 heterocycles. The second-order valence-electron chi connectivity index (χ2n) is 4.69. The van der Waals surface area contributed by atoms with Crippen LogP contribution in [0.25, 0.3) is 6.08 Å². The van der Waals surface area contributed by atoms with Gasteiger partial charge in [-0.2, -0.15) is 8.78 Å². The largest absolute Gasteiger partial charge is 0.497 e. The zero-order chi connectivity index (χ0) is 17.5. The van der Waals surface area contributed by atoms with E-state index in [0.29, 0.717) is 16.9 Å². The monoisotopic (exact) mass is 334 g/mol. The number of halogens is 2. The molecule has 0 fully saturated rings. The van der Waals surface area contributed by atoms with Crippen molar-refractivity contribution in [1.82, 2.24) is 0 Å². The zero-order valence-corrected chi connectivity index (χ0v) is 13.2. The number of carbonyl (C=O) groups is 1. The Balaban J connectivity index is 2.29. The molecule has 6 heteroatoms. The number of ketones is 1. The van der Waals surface area contributed by atoms with Crippen LogP contribution in [0.5, 0.6) is 17.2 Å². The fourth-order valence-corrected chi connectivity index (χ4v) is 2.08. The molecule has 24 heavy (non-hydrogen) atoms. The summed E-state index contributed by atoms with van der Waals surface area (Å²) in [5.74, 6) is 0.299. The molecule has 0 aliphatic heterocycles. The lowest BCUT2D eigenvalue weighted by Crippen LogP contribution is -2.05. The first kappa shape index (κ1) is 17.5. The van der Waals surface area contributed by atoms with Crippen LogP contribution in [-0.2, 0) is 0 Å². The van der Waals surface area contributed by atoms with Gasteiger partial charge in [-0.05, 0) is 30.4 Å². The SMILES string of the molecule is COc1cccc(C(=O)/C=C/c2cccc(OC)c2OC(F)F)c1. The van der Waals surface area contributed by atoms with Gasteiger partial charge in [0.1, 0.15) is 5.75 Å². The molecular weight excluding hydrogens is 318 g/mol. The number of para-hydroxylation sites is 1. The van der Waals surface area contributed by atoms with E-state index in [1.807, 2.05) is 0 Å². The van der Waals surface area contributed by atoms with Crippen molar-refractivity contribution >= 4 is 11.9 Å². The molecule has 0 saturated heterocycles. The summed E-state index contributed by atoms with van der Waals surface area (Å²) in [5.41, 5.74) is 0.732. The third-order valence-electron chi connectivity index (χ3n) is 3.20. The Kier molecular flexibility index (Phi) is 5.89. The molecule has 0 unspecified atom stereocenters. The molecule has 2 rings (SSSR count). The van der Waals surface area contributed by atoms with Crippen LogP contribution in [-0.4, -0.2) is 26.6 Å². The minimum Gasteiger partial charge on any atom is -0.497 e. The zero-order valence-electron chi connectivity index (χ0n) is 13.2. The molecule has 2 aromatic carbocycles. The molecule has 126 valence electrons. The Hall–Kier alpha value is -2.89. The molecule has 0 radical (unpaired) electrons. The van der Waals surface area contributed by atoms with Crippen molar-refractivity contribution in [2.75, 3.05) is 14.2 Å². The lowest BCUT2D eigenvalue weighted by molar-refractivity contribution is -0.0513. The van der Waals surface area contributed by atoms with Crippen molar-refractivity contribution in [3.63, 3.8) is 0 Å². The Morgan fingerprint density at radius 1 is 1.08 bits per heavy atom. The summed E-state index contributed by atoms with van der Waals surface area (Å²) in [4.78, 5) is 12.2. The summed E-state index contributed by atoms with van der Waals surface area (Å²) in [6.45, 7) is -3.00. The van der Waals surface area contributed by atoms with Crippen LogP contribution < -0.4 is 14.2 Å². The molecular formula is C18H16F2O4. The summed E-state index contributed by atoms with van der Waals surface area (Å²) < 4.78 is 39.7. The first-order valence-electron chi connectivity index (χ1n) is 7.03. The quantitative estimate of drug-likeness (QED) is 0.562. The van der Waals surface area contributed by atoms with Crippen molar-refractivity contribution in [2.45, 2.75) is 6.61 Å². The van der Waals surface area contributed by atoms with Crippen LogP contribution in [0.2, 0.25) is 0 Å². The number of alkyl halides is 2. The number of hydrogen-bond donors (Lipinski definition) is 0. The number of benzene rings is 2. The van der Waals surface area contributed by atoms with Gasteiger partial charge in [0.2, 0.25) is 0 Å². The van der Waals surface area contributed by atoms with E-state index < -0.39 is 6.61 Å². The van der Waals surface area contributed by atoms with Crippen LogP contribution in [0, 0.1) is 0 Å². The highest BCUT2D eigenvalue weighted by atomic mass is 19.3. The lowest BCUT2D eigenvalue weighted by Gasteiger charge is -2.12. The highest BCUT2D eigenvalue weighted by molar-refractivity contribution is 6.07. The first-order valence-corrected chi connectivity index (χ1v) is 7.03. The van der Waals surface area contributed by atoms with Crippen LogP contribution in [0.3, 0.4) is 0 Å². The minimum atomic E-state index is -3.00. The maximum absolute atomic E-state index is 12.6. The van der Waals surface area contributed by atoms with Crippen molar-refractivity contribution < 1.29 is 27.8 Å². The summed E-state index contributed by atoms with van der Waals surface area (Å²) in [5, 5.41) is 0. The molecule has 0 amide bonds. The molecule has 0 aliphatic rings. The fraction of sp³-hybridized carbons (Fsp3) is 0.167. The van der Waals surface area contributed by atoms with Crippen LogP contribution in [0.15, 0.2) is 48.5 Å². The van der Waals surface area contributed by atoms with E-state index in [1.165, 1.54) is 32.4 Å². The Morgan fingerprint density at radius 2 is 1.83 bits per heavy atom. The van der Waals surface area contributed by atoms with Gasteiger partial charge in [-0.1, -0.05) is 24.3 Å². The van der Waals surface area contributed by atoms with E-state index in [9.17, 15) is 13.6 Å². The Labute approximate surface area is 138 Å². The van der Waals surface area contributed by atoms with Gasteiger partial charge in [-0.3, -0.25) is 4.79 Å². The maximum Gasteiger partial charge on any atom is 0.387 e. The highest BCUT2D eigenvalue weighted by Gasteiger charge is 2.14. The van der Waals surface area contributed by atoms with Gasteiger partial charge in [0.05, 0.1) is 14.2 Å². The molecule has 2 aromatic rings. The van der Waals surface area contributed by atoms with Crippen molar-refractivity contribution in [2.24, 2.45) is 0 Å². The van der Waals surface area contributed by atoms with Crippen molar-refractivity contribution in [3.05, 3.63) is 59.7 Å². The van der Waals surface area contributed by atoms with Crippen LogP contribution >= 0.6 is 0 Å². The van der Waals surface area contributed by atoms with Crippen LogP contribution in [0.4, 0.5) is 8.78 Å². The number of ether oxygens (including phenoxy) is 3. The summed E-state index contributed by atoms with van der Waals surface area (Å²) in [7, 11) is 2.85. The Morgan fingerprint density at radius 3 is 2.50 bits per heavy atom. The van der Waals surface area contributed by atoms with Crippen molar-refractivity contribution in [1.29, 1.82) is 0 Å². The van der Waals surface area contributed by atoms with Gasteiger partial charge in [-0.25, -0.2) is 0 Å². The van der Waals surface area contributed by atoms with E-state index in [-0.39, 0.29) is 17.3 Å². The van der Waals surface area contributed by atoms with E-state index >= 15 is 0 Å². The molecule has 0 aliphatic carbocycles. The Bertz CT molecular complexity index is 742. The minimum absolute atomic E-state index is 0.121. The van der Waals surface area contributed by atoms with Crippen LogP contribution in [0.1, 0.15) is 15.9 Å². The molecule has 0 saturated carbocycles. The van der Waals surface area contributed by atoms with Gasteiger partial charge < -0.3 is 14.2 Å². The molecule has 4 nitrogen and oxygen atoms in total. The van der Waals surface area contributed by atoms with E-state index in [1.54, 1.807) is 36.4 Å². The standard InChI is InChI=1S/C18H16F2O4/c1-22-14-7-3-6-13(11-14)15(21)10-9-12-5-4-8-16(23-2)17(12)24-18(19)20/h3-11,18H,1-2H3/b10-9+. The lowest BCUT2D eigenvalue weighted by atomic mass is 10.1. The third kappa shape index (κ3) is 4.32. The summed E-state index contributed by atoms with van der Waals surface area (Å²) >= 11 is 0. The third-order valence-corrected chi connectivity index (χ3v) is 3.20. The number of allylic oxidation sites excluding steroid dienone is 1. The summed E-state index contributed by atoms with van der Waals surface area (Å²) in [6.07, 6.45) is 2.68. The van der Waals surface area contributed by atoms with Crippen molar-refractivity contribution in [3.8, 4) is 17.2 Å². The van der Waals surface area contributed by atoms with Gasteiger partial charge in [0.15, 0.2) is 17.3 Å². The van der Waals surface area contributed by atoms with Gasteiger partial charge in [0, 0.05) is 11.1 Å². The maximum atomic E-state index is 12.6. The normalized spacial score (nSPS) is 10.9. The molecule has 0 atom stereocenters. The average Bonchev–Trinajstić information content (AvgIpc) is 2.60. The smallest absolute Gasteiger partial charge is 0.387 e. The predicted octanol–water partition coefficient (Wildman–Crippen LogP) is 4.20. The number of methoxy groups -OCH3 is 2. The number of carbonyl (C=O) groups excluding carboxylic acids is 1. The summed E-state index contributed by atoms with van der Waals surface area (Å²) in [6, 6.07) is 11.3. The molecule has 0 aromatic heterocycles. The first-order chi connectivity index (χ1) is 11.5. The van der Waals surface area contributed by atoms with E-state index in [0.717, 1.165) is 0 Å². The number of hydrogen-bond acceptors (Lipinski definition) is 4. The van der Waals surface area contributed by atoms with Gasteiger partial charge >= 0.3 is 6.61 Å². The van der Waals surface area contributed by atoms with E-state index in [2.05, 4.69) is 4.74 Å². The number of rotatable bonds is 7. The van der Waals surface area contributed by atoms with E-state index in [4.69, 9.17) is 9.47 Å². The average molecular weight is 334 g/mol. The highest BCUT2D eigenvalue weighted by Crippen LogP contribution is 2.33. The van der Waals surface area contributed by atoms with Gasteiger partial charge in [-0.15, -0.1) is 0 Å². The topological polar surface area (TPSA) is 44.8 Å².